The van der Waals surface area contributed by atoms with Gasteiger partial charge in [0.05, 0.1) is 11.4 Å². The number of hydrogen-bond donors (Lipinski definition) is 0. The Morgan fingerprint density at radius 3 is 2.70 bits per heavy atom. The zero-order valence-electron chi connectivity index (χ0n) is 15.0. The van der Waals surface area contributed by atoms with Crippen molar-refractivity contribution in [2.75, 3.05) is 20.3 Å². The van der Waals surface area contributed by atoms with Crippen LogP contribution < -0.4 is 14.3 Å². The van der Waals surface area contributed by atoms with Gasteiger partial charge < -0.3 is 9.47 Å². The second kappa shape index (κ2) is 7.70. The molecule has 1 aliphatic heterocycles. The number of ether oxygens (including phenoxy) is 2. The summed E-state index contributed by atoms with van der Waals surface area (Å²) in [5.41, 5.74) is 3.93. The van der Waals surface area contributed by atoms with Crippen LogP contribution in [-0.2, 0) is 0 Å². The third kappa shape index (κ3) is 3.70. The highest BCUT2D eigenvalue weighted by molar-refractivity contribution is 9.10. The van der Waals surface area contributed by atoms with E-state index in [9.17, 15) is 0 Å². The van der Waals surface area contributed by atoms with Crippen LogP contribution in [0.2, 0.25) is 0 Å². The summed E-state index contributed by atoms with van der Waals surface area (Å²) in [5.74, 6) is 1.54. The standard InChI is InChI=1S/C20H18BrN3O2S/c1-13(14-6-7-18-19(11-14)26-9-8-25-18)23-24-17(12-27-20(24)22-2)15-4-3-5-16(21)10-15/h3-7,10-12H,8-9H2,1-2H3. The topological polar surface area (TPSA) is 48.1 Å². The zero-order chi connectivity index (χ0) is 18.8. The number of benzene rings is 2. The lowest BCUT2D eigenvalue weighted by Crippen LogP contribution is -2.16. The Bertz CT molecular complexity index is 1080. The fraction of sp³-hybridized carbons (Fsp3) is 0.200. The van der Waals surface area contributed by atoms with Crippen LogP contribution in [0.25, 0.3) is 11.3 Å². The molecular formula is C20H18BrN3O2S. The van der Waals surface area contributed by atoms with E-state index in [1.165, 1.54) is 0 Å². The second-order valence-electron chi connectivity index (χ2n) is 5.99. The molecule has 27 heavy (non-hydrogen) atoms. The molecule has 138 valence electrons. The molecule has 1 aromatic heterocycles. The molecule has 1 aliphatic rings. The van der Waals surface area contributed by atoms with Gasteiger partial charge in [-0.1, -0.05) is 28.1 Å². The molecule has 0 atom stereocenters. The molecule has 0 radical (unpaired) electrons. The van der Waals surface area contributed by atoms with Crippen molar-refractivity contribution >= 4 is 33.0 Å². The highest BCUT2D eigenvalue weighted by Crippen LogP contribution is 2.31. The Morgan fingerprint density at radius 1 is 1.11 bits per heavy atom. The maximum atomic E-state index is 5.69. The van der Waals surface area contributed by atoms with E-state index in [0.29, 0.717) is 13.2 Å². The van der Waals surface area contributed by atoms with E-state index in [1.807, 2.05) is 41.9 Å². The number of rotatable bonds is 3. The summed E-state index contributed by atoms with van der Waals surface area (Å²) in [5, 5.41) is 6.93. The molecule has 0 bridgehead atoms. The highest BCUT2D eigenvalue weighted by atomic mass is 79.9. The largest absolute Gasteiger partial charge is 0.486 e. The van der Waals surface area contributed by atoms with Crippen molar-refractivity contribution in [1.82, 2.24) is 4.68 Å². The second-order valence-corrected chi connectivity index (χ2v) is 7.75. The Kier molecular flexibility index (Phi) is 5.13. The number of fused-ring (bicyclic) bond motifs is 1. The molecule has 0 amide bonds. The average molecular weight is 444 g/mol. The van der Waals surface area contributed by atoms with E-state index in [0.717, 1.165) is 43.3 Å². The van der Waals surface area contributed by atoms with E-state index in [4.69, 9.17) is 14.6 Å². The summed E-state index contributed by atoms with van der Waals surface area (Å²) in [6.45, 7) is 3.14. The number of aromatic nitrogens is 1. The Labute approximate surface area is 169 Å². The van der Waals surface area contributed by atoms with Crippen LogP contribution in [0.3, 0.4) is 0 Å². The predicted molar refractivity (Wildman–Crippen MR) is 112 cm³/mol. The molecule has 0 spiro atoms. The minimum atomic E-state index is 0.567. The molecule has 2 aromatic carbocycles. The van der Waals surface area contributed by atoms with Gasteiger partial charge in [0.1, 0.15) is 13.2 Å². The van der Waals surface area contributed by atoms with E-state index in [1.54, 1.807) is 18.4 Å². The van der Waals surface area contributed by atoms with Crippen LogP contribution in [0.4, 0.5) is 0 Å². The van der Waals surface area contributed by atoms with E-state index >= 15 is 0 Å². The van der Waals surface area contributed by atoms with Crippen molar-refractivity contribution in [3.05, 3.63) is 62.7 Å². The summed E-state index contributed by atoms with van der Waals surface area (Å²) >= 11 is 5.11. The molecule has 0 saturated carbocycles. The third-order valence-electron chi connectivity index (χ3n) is 4.21. The van der Waals surface area contributed by atoms with Gasteiger partial charge in [0.25, 0.3) is 0 Å². The van der Waals surface area contributed by atoms with Crippen molar-refractivity contribution in [2.45, 2.75) is 6.92 Å². The lowest BCUT2D eigenvalue weighted by molar-refractivity contribution is 0.171. The first-order valence-corrected chi connectivity index (χ1v) is 10.2. The first kappa shape index (κ1) is 18.0. The number of thiazole rings is 1. The van der Waals surface area contributed by atoms with Crippen molar-refractivity contribution in [3.8, 4) is 22.8 Å². The van der Waals surface area contributed by atoms with Gasteiger partial charge in [-0.05, 0) is 37.3 Å². The Hall–Kier alpha value is -2.38. The lowest BCUT2D eigenvalue weighted by atomic mass is 10.1. The summed E-state index contributed by atoms with van der Waals surface area (Å²) in [4.78, 5) is 5.21. The minimum Gasteiger partial charge on any atom is -0.486 e. The predicted octanol–water partition coefficient (Wildman–Crippen LogP) is 4.55. The first-order valence-electron chi connectivity index (χ1n) is 8.50. The monoisotopic (exact) mass is 443 g/mol. The van der Waals surface area contributed by atoms with Crippen molar-refractivity contribution in [2.24, 2.45) is 10.1 Å². The highest BCUT2D eigenvalue weighted by Gasteiger charge is 2.14. The van der Waals surface area contributed by atoms with Crippen LogP contribution in [0.1, 0.15) is 12.5 Å². The van der Waals surface area contributed by atoms with Crippen LogP contribution in [0.15, 0.2) is 62.4 Å². The van der Waals surface area contributed by atoms with Gasteiger partial charge >= 0.3 is 0 Å². The van der Waals surface area contributed by atoms with Gasteiger partial charge in [0.2, 0.25) is 4.80 Å². The van der Waals surface area contributed by atoms with E-state index < -0.39 is 0 Å². The maximum absolute atomic E-state index is 5.69. The third-order valence-corrected chi connectivity index (χ3v) is 5.61. The first-order chi connectivity index (χ1) is 13.2. The van der Waals surface area contributed by atoms with Crippen LogP contribution in [0, 0.1) is 0 Å². The Balaban J connectivity index is 1.78. The van der Waals surface area contributed by atoms with Crippen molar-refractivity contribution in [1.29, 1.82) is 0 Å². The fourth-order valence-corrected chi connectivity index (χ4v) is 4.07. The van der Waals surface area contributed by atoms with Gasteiger partial charge in [-0.25, -0.2) is 4.68 Å². The summed E-state index contributed by atoms with van der Waals surface area (Å²) in [6, 6.07) is 14.1. The SMILES string of the molecule is CN=c1scc(-c2cccc(Br)c2)n1N=C(C)c1ccc2c(c1)OCCO2. The van der Waals surface area contributed by atoms with Gasteiger partial charge in [0.15, 0.2) is 11.5 Å². The van der Waals surface area contributed by atoms with Crippen molar-refractivity contribution in [3.63, 3.8) is 0 Å². The van der Waals surface area contributed by atoms with Gasteiger partial charge in [-0.3, -0.25) is 4.99 Å². The average Bonchev–Trinajstić information content (AvgIpc) is 3.10. The van der Waals surface area contributed by atoms with Gasteiger partial charge in [-0.2, -0.15) is 5.10 Å². The molecule has 2 heterocycles. The summed E-state index contributed by atoms with van der Waals surface area (Å²) in [6.07, 6.45) is 0. The molecule has 3 aromatic rings. The number of hydrogen-bond acceptors (Lipinski definition) is 5. The normalized spacial score (nSPS) is 14.5. The smallest absolute Gasteiger partial charge is 0.205 e. The molecule has 0 N–H and O–H groups in total. The summed E-state index contributed by atoms with van der Waals surface area (Å²) < 4.78 is 14.2. The molecule has 0 unspecified atom stereocenters. The fourth-order valence-electron chi connectivity index (χ4n) is 2.87. The van der Waals surface area contributed by atoms with Gasteiger partial charge in [-0.15, -0.1) is 11.3 Å². The van der Waals surface area contributed by atoms with E-state index in [2.05, 4.69) is 38.4 Å². The van der Waals surface area contributed by atoms with Crippen LogP contribution in [-0.4, -0.2) is 30.6 Å². The van der Waals surface area contributed by atoms with Crippen LogP contribution in [0.5, 0.6) is 11.5 Å². The van der Waals surface area contributed by atoms with E-state index in [-0.39, 0.29) is 0 Å². The minimum absolute atomic E-state index is 0.567. The molecule has 0 saturated heterocycles. The van der Waals surface area contributed by atoms with Crippen molar-refractivity contribution < 1.29 is 9.47 Å². The molecular weight excluding hydrogens is 426 g/mol. The molecule has 0 aliphatic carbocycles. The van der Waals surface area contributed by atoms with Gasteiger partial charge in [0, 0.05) is 28.0 Å². The maximum Gasteiger partial charge on any atom is 0.205 e. The quantitative estimate of drug-likeness (QED) is 0.557. The summed E-state index contributed by atoms with van der Waals surface area (Å²) in [7, 11) is 1.78. The molecule has 4 rings (SSSR count). The number of nitrogens with zero attached hydrogens (tertiary/aromatic N) is 3. The lowest BCUT2D eigenvalue weighted by Gasteiger charge is -2.18. The zero-order valence-corrected chi connectivity index (χ0v) is 17.4. The molecule has 7 heteroatoms. The van der Waals surface area contributed by atoms with Crippen LogP contribution >= 0.6 is 27.3 Å². The molecule has 0 fully saturated rings. The molecule has 5 nitrogen and oxygen atoms in total. The number of halogens is 1. The Morgan fingerprint density at radius 2 is 1.93 bits per heavy atom.